The fourth-order valence-electron chi connectivity index (χ4n) is 2.65. The molecule has 0 aliphatic carbocycles. The average molecular weight is 407 g/mol. The molecule has 0 aliphatic rings. The molecule has 4 rings (SSSR count). The van der Waals surface area contributed by atoms with E-state index in [0.29, 0.717) is 23.4 Å². The molecule has 1 aromatic carbocycles. The smallest absolute Gasteiger partial charge is 0.315 e. The monoisotopic (exact) mass is 407 g/mol. The van der Waals surface area contributed by atoms with Gasteiger partial charge >= 0.3 is 6.01 Å². The van der Waals surface area contributed by atoms with Crippen LogP contribution in [0.5, 0.6) is 0 Å². The van der Waals surface area contributed by atoms with E-state index in [2.05, 4.69) is 30.6 Å². The molecule has 29 heavy (non-hydrogen) atoms. The van der Waals surface area contributed by atoms with Crippen molar-refractivity contribution in [1.82, 2.24) is 29.9 Å². The Hall–Kier alpha value is -3.53. The zero-order chi connectivity index (χ0) is 20.1. The lowest BCUT2D eigenvalue weighted by atomic mass is 10.2. The van der Waals surface area contributed by atoms with Gasteiger partial charge in [-0.25, -0.2) is 0 Å². The first-order chi connectivity index (χ1) is 14.2. The topological polar surface area (TPSA) is 112 Å². The van der Waals surface area contributed by atoms with E-state index < -0.39 is 0 Å². The van der Waals surface area contributed by atoms with Crippen LogP contribution in [0.2, 0.25) is 0 Å². The molecule has 4 aromatic rings. The Labute approximate surface area is 170 Å². The second-order valence-electron chi connectivity index (χ2n) is 6.10. The van der Waals surface area contributed by atoms with Crippen LogP contribution in [0.15, 0.2) is 64.5 Å². The van der Waals surface area contributed by atoms with E-state index in [9.17, 15) is 4.79 Å². The predicted octanol–water partition coefficient (Wildman–Crippen LogP) is 2.81. The largest absolute Gasteiger partial charge is 0.328 e. The third-order valence-corrected chi connectivity index (χ3v) is 4.89. The lowest BCUT2D eigenvalue weighted by Crippen LogP contribution is -2.15. The van der Waals surface area contributed by atoms with E-state index in [0.717, 1.165) is 11.1 Å². The van der Waals surface area contributed by atoms with Crippen LogP contribution in [-0.2, 0) is 11.3 Å². The van der Waals surface area contributed by atoms with Gasteiger partial charge in [0, 0.05) is 18.0 Å². The van der Waals surface area contributed by atoms with Gasteiger partial charge in [0.25, 0.3) is 0 Å². The summed E-state index contributed by atoms with van der Waals surface area (Å²) in [5, 5.41) is 15.5. The number of rotatable bonds is 7. The minimum Gasteiger partial charge on any atom is -0.315 e. The Morgan fingerprint density at radius 1 is 1.17 bits per heavy atom. The second-order valence-corrected chi connectivity index (χ2v) is 7.05. The summed E-state index contributed by atoms with van der Waals surface area (Å²) in [6.07, 6.45) is 3.45. The standard InChI is InChI=1S/C19H17N7O2S/c1-13-21-18(28-25-13)22-16(27)12-29-19-24-23-17(15-8-5-9-20-10-15)26(19)11-14-6-3-2-4-7-14/h2-10H,11-12H2,1H3,(H,21,22,25,27). The molecule has 146 valence electrons. The van der Waals surface area contributed by atoms with Crippen LogP contribution in [0, 0.1) is 6.92 Å². The molecule has 0 radical (unpaired) electrons. The van der Waals surface area contributed by atoms with Crippen molar-refractivity contribution in [1.29, 1.82) is 0 Å². The molecule has 1 N–H and O–H groups in total. The van der Waals surface area contributed by atoms with Gasteiger partial charge < -0.3 is 4.52 Å². The summed E-state index contributed by atoms with van der Waals surface area (Å²) in [7, 11) is 0. The molecular weight excluding hydrogens is 390 g/mol. The molecule has 0 aliphatic heterocycles. The van der Waals surface area contributed by atoms with Crippen molar-refractivity contribution in [3.05, 3.63) is 66.2 Å². The molecule has 3 aromatic heterocycles. The SMILES string of the molecule is Cc1noc(NC(=O)CSc2nnc(-c3cccnc3)n2Cc2ccccc2)n1. The number of aryl methyl sites for hydroxylation is 1. The molecule has 10 heteroatoms. The Balaban J connectivity index is 1.54. The third kappa shape index (κ3) is 4.66. The number of nitrogens with zero attached hydrogens (tertiary/aromatic N) is 6. The molecule has 0 fully saturated rings. The maximum atomic E-state index is 12.2. The fourth-order valence-corrected chi connectivity index (χ4v) is 3.38. The number of carbonyl (C=O) groups is 1. The molecule has 0 atom stereocenters. The lowest BCUT2D eigenvalue weighted by molar-refractivity contribution is -0.114. The lowest BCUT2D eigenvalue weighted by Gasteiger charge is -2.10. The zero-order valence-corrected chi connectivity index (χ0v) is 16.3. The van der Waals surface area contributed by atoms with E-state index in [1.54, 1.807) is 19.3 Å². The highest BCUT2D eigenvalue weighted by atomic mass is 32.2. The van der Waals surface area contributed by atoms with Crippen LogP contribution < -0.4 is 5.32 Å². The van der Waals surface area contributed by atoms with E-state index in [1.165, 1.54) is 11.8 Å². The van der Waals surface area contributed by atoms with E-state index in [1.807, 2.05) is 47.0 Å². The first kappa shape index (κ1) is 18.8. The molecule has 0 unspecified atom stereocenters. The van der Waals surface area contributed by atoms with Gasteiger partial charge in [0.1, 0.15) is 0 Å². The number of hydrogen-bond donors (Lipinski definition) is 1. The van der Waals surface area contributed by atoms with Crippen molar-refractivity contribution in [2.75, 3.05) is 11.1 Å². The number of nitrogens with one attached hydrogen (secondary N) is 1. The Morgan fingerprint density at radius 3 is 2.76 bits per heavy atom. The van der Waals surface area contributed by atoms with Crippen molar-refractivity contribution in [3.8, 4) is 11.4 Å². The van der Waals surface area contributed by atoms with E-state index in [4.69, 9.17) is 4.52 Å². The molecular formula is C19H17N7O2S. The zero-order valence-electron chi connectivity index (χ0n) is 15.5. The molecule has 3 heterocycles. The van der Waals surface area contributed by atoms with Crippen molar-refractivity contribution < 1.29 is 9.32 Å². The summed E-state index contributed by atoms with van der Waals surface area (Å²) >= 11 is 1.28. The summed E-state index contributed by atoms with van der Waals surface area (Å²) in [5.74, 6) is 1.01. The average Bonchev–Trinajstić information content (AvgIpc) is 3.33. The highest BCUT2D eigenvalue weighted by molar-refractivity contribution is 7.99. The quantitative estimate of drug-likeness (QED) is 0.466. The maximum absolute atomic E-state index is 12.2. The molecule has 0 saturated carbocycles. The number of anilines is 1. The van der Waals surface area contributed by atoms with Crippen molar-refractivity contribution in [2.45, 2.75) is 18.6 Å². The molecule has 0 bridgehead atoms. The number of aromatic nitrogens is 6. The predicted molar refractivity (Wildman–Crippen MR) is 107 cm³/mol. The van der Waals surface area contributed by atoms with Gasteiger partial charge in [-0.05, 0) is 24.6 Å². The summed E-state index contributed by atoms with van der Waals surface area (Å²) in [5.41, 5.74) is 1.96. The number of hydrogen-bond acceptors (Lipinski definition) is 8. The minimum atomic E-state index is -0.268. The van der Waals surface area contributed by atoms with E-state index >= 15 is 0 Å². The van der Waals surface area contributed by atoms with Crippen LogP contribution in [0.3, 0.4) is 0 Å². The third-order valence-electron chi connectivity index (χ3n) is 3.93. The minimum absolute atomic E-state index is 0.0786. The van der Waals surface area contributed by atoms with Gasteiger partial charge in [-0.3, -0.25) is 19.7 Å². The Bertz CT molecular complexity index is 1100. The molecule has 9 nitrogen and oxygen atoms in total. The van der Waals surface area contributed by atoms with E-state index in [-0.39, 0.29) is 17.7 Å². The fraction of sp³-hybridized carbons (Fsp3) is 0.158. The number of amides is 1. The summed E-state index contributed by atoms with van der Waals surface area (Å²) in [6, 6.07) is 13.9. The summed E-state index contributed by atoms with van der Waals surface area (Å²) in [4.78, 5) is 20.3. The highest BCUT2D eigenvalue weighted by Gasteiger charge is 2.17. The molecule has 1 amide bonds. The van der Waals surface area contributed by atoms with Gasteiger partial charge in [-0.15, -0.1) is 10.2 Å². The molecule has 0 spiro atoms. The van der Waals surface area contributed by atoms with Crippen LogP contribution >= 0.6 is 11.8 Å². The number of benzene rings is 1. The van der Waals surface area contributed by atoms with Crippen LogP contribution in [0.1, 0.15) is 11.4 Å². The first-order valence-electron chi connectivity index (χ1n) is 8.79. The summed E-state index contributed by atoms with van der Waals surface area (Å²) < 4.78 is 6.88. The van der Waals surface area contributed by atoms with Gasteiger partial charge in [0.05, 0.1) is 12.3 Å². The number of thioether (sulfide) groups is 1. The van der Waals surface area contributed by atoms with Crippen molar-refractivity contribution >= 4 is 23.7 Å². The number of carbonyl (C=O) groups excluding carboxylic acids is 1. The van der Waals surface area contributed by atoms with Gasteiger partial charge in [-0.2, -0.15) is 4.98 Å². The maximum Gasteiger partial charge on any atom is 0.328 e. The van der Waals surface area contributed by atoms with Crippen LogP contribution in [0.4, 0.5) is 6.01 Å². The second kappa shape index (κ2) is 8.65. The van der Waals surface area contributed by atoms with Crippen molar-refractivity contribution in [3.63, 3.8) is 0 Å². The Morgan fingerprint density at radius 2 is 2.03 bits per heavy atom. The van der Waals surface area contributed by atoms with Gasteiger partial charge in [0.15, 0.2) is 16.8 Å². The number of pyridine rings is 1. The molecule has 0 saturated heterocycles. The summed E-state index contributed by atoms with van der Waals surface area (Å²) in [6.45, 7) is 2.25. The van der Waals surface area contributed by atoms with Gasteiger partial charge in [0.2, 0.25) is 5.91 Å². The van der Waals surface area contributed by atoms with Crippen LogP contribution in [-0.4, -0.2) is 41.5 Å². The Kier molecular flexibility index (Phi) is 5.61. The van der Waals surface area contributed by atoms with Gasteiger partial charge in [-0.1, -0.05) is 47.3 Å². The highest BCUT2D eigenvalue weighted by Crippen LogP contribution is 2.25. The first-order valence-corrected chi connectivity index (χ1v) is 9.78. The van der Waals surface area contributed by atoms with Crippen LogP contribution in [0.25, 0.3) is 11.4 Å². The van der Waals surface area contributed by atoms with Crippen molar-refractivity contribution in [2.24, 2.45) is 0 Å². The normalized spacial score (nSPS) is 10.8.